The van der Waals surface area contributed by atoms with Gasteiger partial charge in [-0.2, -0.15) is 0 Å². The van der Waals surface area contributed by atoms with Gasteiger partial charge in [-0.3, -0.25) is 0 Å². The molecule has 1 aliphatic heterocycles. The van der Waals surface area contributed by atoms with Crippen LogP contribution >= 0.6 is 24.0 Å². The summed E-state index contributed by atoms with van der Waals surface area (Å²) in [5, 5.41) is 0.458. The number of aromatic nitrogens is 3. The Morgan fingerprint density at radius 3 is 3.00 bits per heavy atom. The lowest BCUT2D eigenvalue weighted by Gasteiger charge is -2.17. The van der Waals surface area contributed by atoms with Crippen LogP contribution in [-0.4, -0.2) is 46.2 Å². The Bertz CT molecular complexity index is 633. The van der Waals surface area contributed by atoms with E-state index in [0.717, 1.165) is 11.0 Å². The van der Waals surface area contributed by atoms with E-state index in [9.17, 15) is 0 Å². The van der Waals surface area contributed by atoms with E-state index >= 15 is 0 Å². The fourth-order valence-corrected chi connectivity index (χ4v) is 2.65. The Morgan fingerprint density at radius 1 is 1.45 bits per heavy atom. The average Bonchev–Trinajstić information content (AvgIpc) is 2.99. The highest BCUT2D eigenvalue weighted by Gasteiger charge is 2.32. The molecule has 1 unspecified atom stereocenters. The highest BCUT2D eigenvalue weighted by Crippen LogP contribution is 2.22. The minimum atomic E-state index is -0.504. The number of halogens is 2. The SMILES string of the molecule is CC1(C)OCC(COCCn2ccc3ncnc(Cl)c32)O1.Cl. The van der Waals surface area contributed by atoms with Crippen molar-refractivity contribution in [3.05, 3.63) is 23.7 Å². The Kier molecular flexibility index (Phi) is 5.63. The van der Waals surface area contributed by atoms with Gasteiger partial charge >= 0.3 is 0 Å². The maximum Gasteiger partial charge on any atom is 0.163 e. The molecule has 0 amide bonds. The molecule has 0 spiro atoms. The van der Waals surface area contributed by atoms with Crippen LogP contribution in [0.1, 0.15) is 13.8 Å². The van der Waals surface area contributed by atoms with Crippen molar-refractivity contribution in [1.82, 2.24) is 14.5 Å². The zero-order chi connectivity index (χ0) is 14.9. The van der Waals surface area contributed by atoms with Crippen molar-refractivity contribution < 1.29 is 14.2 Å². The summed E-state index contributed by atoms with van der Waals surface area (Å²) >= 11 is 6.10. The maximum absolute atomic E-state index is 6.10. The Balaban J connectivity index is 0.00000176. The molecular formula is C14H19Cl2N3O3. The quantitative estimate of drug-likeness (QED) is 0.614. The number of hydrogen-bond donors (Lipinski definition) is 0. The first-order valence-corrected chi connectivity index (χ1v) is 7.28. The summed E-state index contributed by atoms with van der Waals surface area (Å²) in [5.74, 6) is -0.504. The molecular weight excluding hydrogens is 329 g/mol. The second kappa shape index (κ2) is 7.10. The highest BCUT2D eigenvalue weighted by molar-refractivity contribution is 6.33. The second-order valence-electron chi connectivity index (χ2n) is 5.43. The van der Waals surface area contributed by atoms with Crippen LogP contribution in [0.3, 0.4) is 0 Å². The largest absolute Gasteiger partial charge is 0.377 e. The van der Waals surface area contributed by atoms with E-state index in [0.29, 0.717) is 31.5 Å². The van der Waals surface area contributed by atoms with Crippen LogP contribution in [0, 0.1) is 0 Å². The van der Waals surface area contributed by atoms with Crippen LogP contribution in [0.25, 0.3) is 11.0 Å². The predicted octanol–water partition coefficient (Wildman–Crippen LogP) is 2.67. The number of fused-ring (bicyclic) bond motifs is 1. The van der Waals surface area contributed by atoms with Gasteiger partial charge in [-0.15, -0.1) is 12.4 Å². The van der Waals surface area contributed by atoms with Crippen molar-refractivity contribution in [2.24, 2.45) is 0 Å². The lowest BCUT2D eigenvalue weighted by atomic mass is 10.4. The van der Waals surface area contributed by atoms with Crippen LogP contribution < -0.4 is 0 Å². The third-order valence-electron chi connectivity index (χ3n) is 3.35. The van der Waals surface area contributed by atoms with Crippen molar-refractivity contribution in [3.63, 3.8) is 0 Å². The van der Waals surface area contributed by atoms with E-state index in [4.69, 9.17) is 25.8 Å². The van der Waals surface area contributed by atoms with Crippen LogP contribution in [0.5, 0.6) is 0 Å². The zero-order valence-electron chi connectivity index (χ0n) is 12.5. The van der Waals surface area contributed by atoms with Gasteiger partial charge in [-0.25, -0.2) is 9.97 Å². The van der Waals surface area contributed by atoms with Crippen LogP contribution in [-0.2, 0) is 20.8 Å². The minimum Gasteiger partial charge on any atom is -0.377 e. The summed E-state index contributed by atoms with van der Waals surface area (Å²) in [7, 11) is 0. The molecule has 0 N–H and O–H groups in total. The Labute approximate surface area is 140 Å². The molecule has 3 rings (SSSR count). The molecule has 0 bridgehead atoms. The molecule has 22 heavy (non-hydrogen) atoms. The van der Waals surface area contributed by atoms with Gasteiger partial charge in [-0.1, -0.05) is 11.6 Å². The number of ether oxygens (including phenoxy) is 3. The summed E-state index contributed by atoms with van der Waals surface area (Å²) in [6.07, 6.45) is 3.39. The summed E-state index contributed by atoms with van der Waals surface area (Å²) in [6.45, 7) is 6.15. The van der Waals surface area contributed by atoms with Crippen LogP contribution in [0.15, 0.2) is 18.6 Å². The number of rotatable bonds is 5. The van der Waals surface area contributed by atoms with Crippen LogP contribution in [0.2, 0.25) is 5.15 Å². The molecule has 1 aliphatic rings. The van der Waals surface area contributed by atoms with E-state index in [1.165, 1.54) is 6.33 Å². The van der Waals surface area contributed by atoms with Gasteiger partial charge in [0.25, 0.3) is 0 Å². The third-order valence-corrected chi connectivity index (χ3v) is 3.63. The summed E-state index contributed by atoms with van der Waals surface area (Å²) in [5.41, 5.74) is 1.67. The molecule has 1 atom stereocenters. The molecule has 0 radical (unpaired) electrons. The van der Waals surface area contributed by atoms with Crippen molar-refractivity contribution in [2.45, 2.75) is 32.3 Å². The smallest absolute Gasteiger partial charge is 0.163 e. The van der Waals surface area contributed by atoms with Gasteiger partial charge in [0.2, 0.25) is 0 Å². The minimum absolute atomic E-state index is 0. The van der Waals surface area contributed by atoms with E-state index in [2.05, 4.69) is 9.97 Å². The van der Waals surface area contributed by atoms with E-state index in [1.807, 2.05) is 30.7 Å². The molecule has 6 nitrogen and oxygen atoms in total. The van der Waals surface area contributed by atoms with Crippen molar-refractivity contribution >= 4 is 35.0 Å². The molecule has 122 valence electrons. The highest BCUT2D eigenvalue weighted by atomic mass is 35.5. The van der Waals surface area contributed by atoms with Crippen molar-refractivity contribution in [1.29, 1.82) is 0 Å². The fraction of sp³-hybridized carbons (Fsp3) is 0.571. The van der Waals surface area contributed by atoms with Gasteiger partial charge in [0, 0.05) is 12.7 Å². The second-order valence-corrected chi connectivity index (χ2v) is 5.79. The summed E-state index contributed by atoms with van der Waals surface area (Å²) in [4.78, 5) is 8.18. The lowest BCUT2D eigenvalue weighted by molar-refractivity contribution is -0.145. The van der Waals surface area contributed by atoms with Crippen LogP contribution in [0.4, 0.5) is 0 Å². The van der Waals surface area contributed by atoms with Crippen molar-refractivity contribution in [3.8, 4) is 0 Å². The zero-order valence-corrected chi connectivity index (χ0v) is 14.1. The molecule has 3 heterocycles. The van der Waals surface area contributed by atoms with Gasteiger partial charge in [0.1, 0.15) is 17.9 Å². The molecule has 0 aliphatic carbocycles. The molecule has 1 saturated heterocycles. The van der Waals surface area contributed by atoms with E-state index in [-0.39, 0.29) is 18.5 Å². The fourth-order valence-electron chi connectivity index (χ4n) is 2.40. The van der Waals surface area contributed by atoms with E-state index < -0.39 is 5.79 Å². The topological polar surface area (TPSA) is 58.4 Å². The standard InChI is InChI=1S/C14H18ClN3O3.ClH/c1-14(2)20-8-10(21-14)7-19-6-5-18-4-3-11-12(18)13(15)17-9-16-11;/h3-4,9-10H,5-8H2,1-2H3;1H. The first-order chi connectivity index (χ1) is 10.1. The van der Waals surface area contributed by atoms with Gasteiger partial charge in [-0.05, 0) is 19.9 Å². The molecule has 2 aromatic heterocycles. The first kappa shape index (κ1) is 17.4. The summed E-state index contributed by atoms with van der Waals surface area (Å²) < 4.78 is 18.8. The molecule has 0 saturated carbocycles. The molecule has 2 aromatic rings. The van der Waals surface area contributed by atoms with Crippen molar-refractivity contribution in [2.75, 3.05) is 19.8 Å². The Morgan fingerprint density at radius 2 is 2.27 bits per heavy atom. The summed E-state index contributed by atoms with van der Waals surface area (Å²) in [6, 6.07) is 1.92. The molecule has 0 aromatic carbocycles. The molecule has 8 heteroatoms. The number of hydrogen-bond acceptors (Lipinski definition) is 5. The Hall–Kier alpha value is -0.920. The first-order valence-electron chi connectivity index (χ1n) is 6.90. The van der Waals surface area contributed by atoms with Gasteiger partial charge < -0.3 is 18.8 Å². The monoisotopic (exact) mass is 347 g/mol. The number of nitrogens with zero attached hydrogens (tertiary/aromatic N) is 3. The van der Waals surface area contributed by atoms with E-state index in [1.54, 1.807) is 0 Å². The van der Waals surface area contributed by atoms with Gasteiger partial charge in [0.15, 0.2) is 10.9 Å². The molecule has 1 fully saturated rings. The van der Waals surface area contributed by atoms with Gasteiger partial charge in [0.05, 0.1) is 25.3 Å². The normalized spacial score (nSPS) is 20.2. The predicted molar refractivity (Wildman–Crippen MR) is 85.5 cm³/mol. The maximum atomic E-state index is 6.10. The lowest BCUT2D eigenvalue weighted by Crippen LogP contribution is -2.24. The average molecular weight is 348 g/mol. The third kappa shape index (κ3) is 3.88.